The first kappa shape index (κ1) is 29.1. The number of benzene rings is 1. The largest absolute Gasteiger partial charge is 0.493 e. The molecule has 1 aliphatic rings. The molecule has 1 aromatic carbocycles. The van der Waals surface area contributed by atoms with E-state index in [4.69, 9.17) is 25.9 Å². The molecule has 1 fully saturated rings. The van der Waals surface area contributed by atoms with Crippen molar-refractivity contribution >= 4 is 39.4 Å². The summed E-state index contributed by atoms with van der Waals surface area (Å²) in [4.78, 5) is 27.3. The van der Waals surface area contributed by atoms with Gasteiger partial charge in [0, 0.05) is 18.7 Å². The van der Waals surface area contributed by atoms with Crippen molar-refractivity contribution in [3.8, 4) is 17.0 Å². The standard InChI is InChI=1S/C26H31ClN4O3S.CO2/c1-18(2)17-34-22-8-5-4-7-20(22)26-21(27)11-12-23(28-26)30-35(32,33)25-10-6-9-24(29-25)31-15-13-19(3)14-16-31;2-1-3/h4-12,18-19H,13-17H2,1-3H3,(H,28,30);. The second kappa shape index (κ2) is 13.4. The molecule has 1 saturated heterocycles. The third-order valence-electron chi connectivity index (χ3n) is 5.89. The van der Waals surface area contributed by atoms with E-state index in [9.17, 15) is 8.42 Å². The zero-order valence-electron chi connectivity index (χ0n) is 21.6. The molecule has 0 aliphatic carbocycles. The van der Waals surface area contributed by atoms with Gasteiger partial charge in [0.15, 0.2) is 5.03 Å². The van der Waals surface area contributed by atoms with Crippen LogP contribution in [-0.2, 0) is 19.6 Å². The second-order valence-electron chi connectivity index (χ2n) is 9.42. The molecule has 0 saturated carbocycles. The number of nitrogens with zero attached hydrogens (tertiary/aromatic N) is 3. The van der Waals surface area contributed by atoms with Crippen LogP contribution in [0.25, 0.3) is 11.3 Å². The van der Waals surface area contributed by atoms with E-state index in [2.05, 4.69) is 40.4 Å². The van der Waals surface area contributed by atoms with Crippen LogP contribution in [0.4, 0.5) is 11.6 Å². The number of hydrogen-bond donors (Lipinski definition) is 1. The number of para-hydroxylation sites is 1. The molecule has 0 bridgehead atoms. The van der Waals surface area contributed by atoms with Crippen molar-refractivity contribution in [2.24, 2.45) is 11.8 Å². The van der Waals surface area contributed by atoms with E-state index in [0.717, 1.165) is 25.9 Å². The highest BCUT2D eigenvalue weighted by atomic mass is 35.5. The molecule has 0 unspecified atom stereocenters. The number of sulfonamides is 1. The SMILES string of the molecule is CC(C)COc1ccccc1-c1nc(NS(=O)(=O)c2cccc(N3CCC(C)CC3)n2)ccc1Cl.O=C=O. The summed E-state index contributed by atoms with van der Waals surface area (Å²) in [5, 5.41) is 0.348. The number of piperidine rings is 1. The fourth-order valence-corrected chi connectivity index (χ4v) is 5.06. The molecule has 0 amide bonds. The highest BCUT2D eigenvalue weighted by Gasteiger charge is 2.22. The smallest absolute Gasteiger partial charge is 0.373 e. The quantitative estimate of drug-likeness (QED) is 0.396. The van der Waals surface area contributed by atoms with E-state index in [1.165, 1.54) is 12.1 Å². The molecule has 1 N–H and O–H groups in total. The van der Waals surface area contributed by atoms with Gasteiger partial charge >= 0.3 is 6.15 Å². The summed E-state index contributed by atoms with van der Waals surface area (Å²) in [6.45, 7) is 8.64. The van der Waals surface area contributed by atoms with Crippen molar-refractivity contribution in [3.05, 3.63) is 59.6 Å². The Bertz CT molecular complexity index is 1370. The molecular formula is C27H31ClN4O5S. The minimum absolute atomic E-state index is 0.0485. The van der Waals surface area contributed by atoms with Crippen LogP contribution in [0.5, 0.6) is 5.75 Å². The summed E-state index contributed by atoms with van der Waals surface area (Å²) in [5.74, 6) is 2.48. The van der Waals surface area contributed by atoms with Crippen LogP contribution in [0.3, 0.4) is 0 Å². The van der Waals surface area contributed by atoms with Crippen LogP contribution in [0.15, 0.2) is 59.6 Å². The average Bonchev–Trinajstić information content (AvgIpc) is 2.90. The van der Waals surface area contributed by atoms with Crippen LogP contribution in [0, 0.1) is 11.8 Å². The molecule has 3 aromatic rings. The third kappa shape index (κ3) is 7.77. The lowest BCUT2D eigenvalue weighted by Gasteiger charge is -2.31. The Morgan fingerprint density at radius 2 is 1.74 bits per heavy atom. The summed E-state index contributed by atoms with van der Waals surface area (Å²) in [7, 11) is -3.95. The number of anilines is 2. The molecule has 0 spiro atoms. The van der Waals surface area contributed by atoms with E-state index >= 15 is 0 Å². The Kier molecular flexibility index (Phi) is 10.2. The number of pyridine rings is 2. The first-order valence-electron chi connectivity index (χ1n) is 12.3. The van der Waals surface area contributed by atoms with Gasteiger partial charge in [0.1, 0.15) is 17.4 Å². The zero-order valence-corrected chi connectivity index (χ0v) is 23.1. The Labute approximate surface area is 228 Å². The highest BCUT2D eigenvalue weighted by Crippen LogP contribution is 2.35. The minimum Gasteiger partial charge on any atom is -0.493 e. The number of nitrogens with one attached hydrogen (secondary N) is 1. The summed E-state index contributed by atoms with van der Waals surface area (Å²) >= 11 is 6.46. The monoisotopic (exact) mass is 558 g/mol. The lowest BCUT2D eigenvalue weighted by molar-refractivity contribution is -0.191. The van der Waals surface area contributed by atoms with E-state index in [-0.39, 0.29) is 17.0 Å². The van der Waals surface area contributed by atoms with Gasteiger partial charge in [-0.05, 0) is 61.1 Å². The van der Waals surface area contributed by atoms with E-state index in [0.29, 0.717) is 46.3 Å². The third-order valence-corrected chi connectivity index (χ3v) is 7.45. The van der Waals surface area contributed by atoms with Crippen LogP contribution < -0.4 is 14.4 Å². The summed E-state index contributed by atoms with van der Waals surface area (Å²) in [6.07, 6.45) is 2.38. The van der Waals surface area contributed by atoms with Gasteiger partial charge in [-0.3, -0.25) is 4.72 Å². The first-order chi connectivity index (χ1) is 18.1. The molecule has 0 atom stereocenters. The van der Waals surface area contributed by atoms with E-state index < -0.39 is 10.0 Å². The molecule has 0 radical (unpaired) electrons. The maximum atomic E-state index is 13.2. The molecule has 202 valence electrons. The lowest BCUT2D eigenvalue weighted by atomic mass is 9.99. The van der Waals surface area contributed by atoms with Crippen molar-refractivity contribution in [2.45, 2.75) is 38.6 Å². The molecule has 1 aliphatic heterocycles. The van der Waals surface area contributed by atoms with E-state index in [1.54, 1.807) is 12.1 Å². The van der Waals surface area contributed by atoms with Crippen LogP contribution in [0.2, 0.25) is 5.02 Å². The molecular weight excluding hydrogens is 528 g/mol. The van der Waals surface area contributed by atoms with Gasteiger partial charge in [-0.1, -0.05) is 50.6 Å². The summed E-state index contributed by atoms with van der Waals surface area (Å²) < 4.78 is 34.9. The maximum Gasteiger partial charge on any atom is 0.373 e. The normalized spacial score (nSPS) is 13.9. The number of hydrogen-bond acceptors (Lipinski definition) is 8. The Balaban J connectivity index is 0.00000127. The molecule has 38 heavy (non-hydrogen) atoms. The van der Waals surface area contributed by atoms with Crippen molar-refractivity contribution in [3.63, 3.8) is 0 Å². The van der Waals surface area contributed by atoms with E-state index in [1.807, 2.05) is 30.3 Å². The Morgan fingerprint density at radius 3 is 2.42 bits per heavy atom. The summed E-state index contributed by atoms with van der Waals surface area (Å²) in [5.41, 5.74) is 1.13. The van der Waals surface area contributed by atoms with Crippen molar-refractivity contribution in [1.82, 2.24) is 9.97 Å². The summed E-state index contributed by atoms with van der Waals surface area (Å²) in [6, 6.07) is 15.7. The topological polar surface area (TPSA) is 119 Å². The Morgan fingerprint density at radius 1 is 1.05 bits per heavy atom. The van der Waals surface area contributed by atoms with Gasteiger partial charge in [0.25, 0.3) is 10.0 Å². The van der Waals surface area contributed by atoms with Crippen molar-refractivity contribution < 1.29 is 22.7 Å². The number of carbonyl (C=O) groups excluding carboxylic acids is 2. The van der Waals surface area contributed by atoms with Gasteiger partial charge in [0.2, 0.25) is 0 Å². The molecule has 11 heteroatoms. The predicted molar refractivity (Wildman–Crippen MR) is 146 cm³/mol. The molecule has 3 heterocycles. The van der Waals surface area contributed by atoms with Gasteiger partial charge in [-0.15, -0.1) is 0 Å². The zero-order chi connectivity index (χ0) is 27.7. The fourth-order valence-electron chi connectivity index (χ4n) is 3.89. The van der Waals surface area contributed by atoms with Gasteiger partial charge in [0.05, 0.1) is 17.3 Å². The molecule has 4 rings (SSSR count). The number of halogens is 1. The maximum absolute atomic E-state index is 13.2. The minimum atomic E-state index is -3.95. The van der Waals surface area contributed by atoms with Gasteiger partial charge < -0.3 is 9.64 Å². The second-order valence-corrected chi connectivity index (χ2v) is 11.5. The average molecular weight is 559 g/mol. The van der Waals surface area contributed by atoms with Crippen molar-refractivity contribution in [1.29, 1.82) is 0 Å². The number of ether oxygens (including phenoxy) is 1. The first-order valence-corrected chi connectivity index (χ1v) is 14.1. The predicted octanol–water partition coefficient (Wildman–Crippen LogP) is 5.29. The number of aromatic nitrogens is 2. The van der Waals surface area contributed by atoms with Crippen LogP contribution >= 0.6 is 11.6 Å². The number of rotatable bonds is 8. The Hall–Kier alpha value is -3.46. The van der Waals surface area contributed by atoms with Gasteiger partial charge in [-0.25, -0.2) is 9.97 Å². The van der Waals surface area contributed by atoms with Crippen LogP contribution in [0.1, 0.15) is 33.6 Å². The van der Waals surface area contributed by atoms with Gasteiger partial charge in [-0.2, -0.15) is 18.0 Å². The lowest BCUT2D eigenvalue weighted by Crippen LogP contribution is -2.33. The van der Waals surface area contributed by atoms with Crippen LogP contribution in [-0.4, -0.2) is 44.2 Å². The molecule has 9 nitrogen and oxygen atoms in total. The fraction of sp³-hybridized carbons (Fsp3) is 0.370. The molecule has 2 aromatic heterocycles. The van der Waals surface area contributed by atoms with Crippen molar-refractivity contribution in [2.75, 3.05) is 29.3 Å². The highest BCUT2D eigenvalue weighted by molar-refractivity contribution is 7.92.